The number of halogens is 1. The van der Waals surface area contributed by atoms with Gasteiger partial charge in [0.25, 0.3) is 0 Å². The lowest BCUT2D eigenvalue weighted by atomic mass is 10.3. The number of aromatic nitrogens is 2. The molecule has 0 unspecified atom stereocenters. The summed E-state index contributed by atoms with van der Waals surface area (Å²) in [6.07, 6.45) is 2.62. The number of hydrogen-bond acceptors (Lipinski definition) is 4. The summed E-state index contributed by atoms with van der Waals surface area (Å²) in [5.41, 5.74) is 1.05. The highest BCUT2D eigenvalue weighted by molar-refractivity contribution is 7.15. The largest absolute Gasteiger partial charge is 0.316 e. The van der Waals surface area contributed by atoms with E-state index in [1.807, 2.05) is 25.1 Å². The Morgan fingerprint density at radius 3 is 3.00 bits per heavy atom. The third kappa shape index (κ3) is 2.71. The third-order valence-electron chi connectivity index (χ3n) is 2.11. The van der Waals surface area contributed by atoms with Crippen molar-refractivity contribution in [1.82, 2.24) is 9.97 Å². The molecule has 0 atom stereocenters. The standard InChI is InChI=1S/C11H12ClN3S/c1-8-9(5-6-12)16-11(14-8)15-10-4-2-3-7-13-10/h2-4,7H,5-6H2,1H3,(H,13,14,15). The van der Waals surface area contributed by atoms with E-state index in [4.69, 9.17) is 11.6 Å². The molecule has 2 aromatic rings. The fourth-order valence-electron chi connectivity index (χ4n) is 1.35. The van der Waals surface area contributed by atoms with Crippen LogP contribution in [0.25, 0.3) is 0 Å². The van der Waals surface area contributed by atoms with Crippen LogP contribution in [0, 0.1) is 6.92 Å². The van der Waals surface area contributed by atoms with Crippen LogP contribution in [-0.4, -0.2) is 15.8 Å². The Balaban J connectivity index is 2.13. The zero-order valence-electron chi connectivity index (χ0n) is 8.90. The summed E-state index contributed by atoms with van der Waals surface area (Å²) < 4.78 is 0. The number of nitrogens with one attached hydrogen (secondary N) is 1. The van der Waals surface area contributed by atoms with E-state index in [1.54, 1.807) is 17.5 Å². The van der Waals surface area contributed by atoms with Crippen molar-refractivity contribution < 1.29 is 0 Å². The lowest BCUT2D eigenvalue weighted by molar-refractivity contribution is 1.12. The maximum Gasteiger partial charge on any atom is 0.188 e. The maximum atomic E-state index is 5.72. The first kappa shape index (κ1) is 11.4. The molecule has 84 valence electrons. The van der Waals surface area contributed by atoms with Crippen molar-refractivity contribution >= 4 is 33.9 Å². The van der Waals surface area contributed by atoms with Crippen molar-refractivity contribution in [2.45, 2.75) is 13.3 Å². The number of pyridine rings is 1. The van der Waals surface area contributed by atoms with Gasteiger partial charge in [0.05, 0.1) is 5.69 Å². The first-order valence-corrected chi connectivity index (χ1v) is 6.35. The molecule has 0 aliphatic rings. The fourth-order valence-corrected chi connectivity index (χ4v) is 2.62. The Morgan fingerprint density at radius 1 is 1.44 bits per heavy atom. The number of anilines is 2. The highest BCUT2D eigenvalue weighted by Gasteiger charge is 2.07. The smallest absolute Gasteiger partial charge is 0.188 e. The molecule has 2 aromatic heterocycles. The van der Waals surface area contributed by atoms with E-state index in [1.165, 1.54) is 4.88 Å². The molecule has 0 aliphatic carbocycles. The normalized spacial score (nSPS) is 10.4. The van der Waals surface area contributed by atoms with E-state index in [2.05, 4.69) is 15.3 Å². The molecule has 0 fully saturated rings. The van der Waals surface area contributed by atoms with Crippen molar-refractivity contribution in [3.8, 4) is 0 Å². The summed E-state index contributed by atoms with van der Waals surface area (Å²) >= 11 is 7.36. The minimum atomic E-state index is 0.631. The molecule has 0 saturated carbocycles. The quantitative estimate of drug-likeness (QED) is 0.849. The zero-order valence-corrected chi connectivity index (χ0v) is 10.5. The van der Waals surface area contributed by atoms with Gasteiger partial charge >= 0.3 is 0 Å². The molecule has 0 bridgehead atoms. The molecular formula is C11H12ClN3S. The van der Waals surface area contributed by atoms with E-state index in [0.29, 0.717) is 5.88 Å². The van der Waals surface area contributed by atoms with Crippen LogP contribution in [0.4, 0.5) is 10.9 Å². The second-order valence-electron chi connectivity index (χ2n) is 3.31. The van der Waals surface area contributed by atoms with Crippen molar-refractivity contribution in [2.24, 2.45) is 0 Å². The molecule has 0 spiro atoms. The number of thiazole rings is 1. The van der Waals surface area contributed by atoms with E-state index < -0.39 is 0 Å². The van der Waals surface area contributed by atoms with E-state index >= 15 is 0 Å². The highest BCUT2D eigenvalue weighted by Crippen LogP contribution is 2.25. The summed E-state index contributed by atoms with van der Waals surface area (Å²) in [6.45, 7) is 2.00. The van der Waals surface area contributed by atoms with Crippen LogP contribution in [-0.2, 0) is 6.42 Å². The zero-order chi connectivity index (χ0) is 11.4. The Bertz CT molecular complexity index is 456. The third-order valence-corrected chi connectivity index (χ3v) is 3.44. The van der Waals surface area contributed by atoms with Gasteiger partial charge in [0.1, 0.15) is 5.82 Å². The van der Waals surface area contributed by atoms with Crippen LogP contribution >= 0.6 is 22.9 Å². The van der Waals surface area contributed by atoms with Gasteiger partial charge in [0, 0.05) is 17.0 Å². The predicted octanol–water partition coefficient (Wildman–Crippen LogP) is 3.37. The van der Waals surface area contributed by atoms with Crippen LogP contribution in [0.3, 0.4) is 0 Å². The van der Waals surface area contributed by atoms with Gasteiger partial charge in [-0.1, -0.05) is 6.07 Å². The van der Waals surface area contributed by atoms with Gasteiger partial charge in [-0.05, 0) is 25.5 Å². The van der Waals surface area contributed by atoms with Crippen LogP contribution in [0.1, 0.15) is 10.6 Å². The first-order valence-electron chi connectivity index (χ1n) is 5.00. The summed E-state index contributed by atoms with van der Waals surface area (Å²) in [7, 11) is 0. The van der Waals surface area contributed by atoms with Gasteiger partial charge < -0.3 is 5.32 Å². The molecular weight excluding hydrogens is 242 g/mol. The van der Waals surface area contributed by atoms with Gasteiger partial charge in [-0.2, -0.15) is 0 Å². The van der Waals surface area contributed by atoms with Gasteiger partial charge in [-0.15, -0.1) is 22.9 Å². The number of nitrogens with zero attached hydrogens (tertiary/aromatic N) is 2. The van der Waals surface area contributed by atoms with Crippen molar-refractivity contribution in [1.29, 1.82) is 0 Å². The monoisotopic (exact) mass is 253 g/mol. The van der Waals surface area contributed by atoms with E-state index in [0.717, 1.165) is 23.1 Å². The Hall–Kier alpha value is -1.13. The molecule has 0 aromatic carbocycles. The summed E-state index contributed by atoms with van der Waals surface area (Å²) in [6, 6.07) is 5.74. The van der Waals surface area contributed by atoms with Crippen LogP contribution in [0.5, 0.6) is 0 Å². The van der Waals surface area contributed by atoms with Gasteiger partial charge in [-0.3, -0.25) is 0 Å². The first-order chi connectivity index (χ1) is 7.79. The average Bonchev–Trinajstić information content (AvgIpc) is 2.61. The van der Waals surface area contributed by atoms with Crippen molar-refractivity contribution in [3.05, 3.63) is 35.0 Å². The summed E-state index contributed by atoms with van der Waals surface area (Å²) in [5.74, 6) is 1.44. The van der Waals surface area contributed by atoms with Gasteiger partial charge in [0.2, 0.25) is 0 Å². The van der Waals surface area contributed by atoms with Gasteiger partial charge in [-0.25, -0.2) is 9.97 Å². The number of rotatable bonds is 4. The molecule has 5 heteroatoms. The maximum absolute atomic E-state index is 5.72. The molecule has 0 saturated heterocycles. The predicted molar refractivity (Wildman–Crippen MR) is 68.8 cm³/mol. The number of aryl methyl sites for hydroxylation is 2. The minimum Gasteiger partial charge on any atom is -0.316 e. The van der Waals surface area contributed by atoms with Crippen molar-refractivity contribution in [3.63, 3.8) is 0 Å². The Labute approximate surface area is 104 Å². The topological polar surface area (TPSA) is 37.8 Å². The second-order valence-corrected chi connectivity index (χ2v) is 4.77. The fraction of sp³-hybridized carbons (Fsp3) is 0.273. The molecule has 1 N–H and O–H groups in total. The van der Waals surface area contributed by atoms with E-state index in [9.17, 15) is 0 Å². The molecule has 0 aliphatic heterocycles. The highest BCUT2D eigenvalue weighted by atomic mass is 35.5. The van der Waals surface area contributed by atoms with Crippen LogP contribution < -0.4 is 5.32 Å². The molecule has 0 radical (unpaired) electrons. The molecule has 2 heterocycles. The second kappa shape index (κ2) is 5.27. The summed E-state index contributed by atoms with van der Waals surface area (Å²) in [4.78, 5) is 9.85. The molecule has 2 rings (SSSR count). The minimum absolute atomic E-state index is 0.631. The molecule has 3 nitrogen and oxygen atoms in total. The van der Waals surface area contributed by atoms with Crippen molar-refractivity contribution in [2.75, 3.05) is 11.2 Å². The Kier molecular flexibility index (Phi) is 3.74. The summed E-state index contributed by atoms with van der Waals surface area (Å²) in [5, 5.41) is 4.05. The number of alkyl halides is 1. The molecule has 16 heavy (non-hydrogen) atoms. The molecule has 0 amide bonds. The van der Waals surface area contributed by atoms with E-state index in [-0.39, 0.29) is 0 Å². The van der Waals surface area contributed by atoms with Gasteiger partial charge in [0.15, 0.2) is 5.13 Å². The SMILES string of the molecule is Cc1nc(Nc2ccccn2)sc1CCCl. The lowest BCUT2D eigenvalue weighted by Crippen LogP contribution is -1.91. The Morgan fingerprint density at radius 2 is 2.31 bits per heavy atom. The van der Waals surface area contributed by atoms with Crippen LogP contribution in [0.15, 0.2) is 24.4 Å². The average molecular weight is 254 g/mol. The lowest BCUT2D eigenvalue weighted by Gasteiger charge is -1.98. The number of hydrogen-bond donors (Lipinski definition) is 1. The van der Waals surface area contributed by atoms with Crippen LogP contribution in [0.2, 0.25) is 0 Å².